The summed E-state index contributed by atoms with van der Waals surface area (Å²) in [4.78, 5) is 11.4. The fourth-order valence-corrected chi connectivity index (χ4v) is 4.60. The van der Waals surface area contributed by atoms with Gasteiger partial charge in [-0.25, -0.2) is 21.6 Å². The fourth-order valence-electron chi connectivity index (χ4n) is 1.41. The van der Waals surface area contributed by atoms with Gasteiger partial charge in [-0.3, -0.25) is 4.79 Å². The van der Waals surface area contributed by atoms with Gasteiger partial charge in [-0.15, -0.1) is 11.3 Å². The first-order valence-electron chi connectivity index (χ1n) is 6.38. The summed E-state index contributed by atoms with van der Waals surface area (Å²) in [7, 11) is -7.17. The van der Waals surface area contributed by atoms with Crippen LogP contribution in [-0.4, -0.2) is 46.3 Å². The van der Waals surface area contributed by atoms with Crippen molar-refractivity contribution in [3.63, 3.8) is 0 Å². The van der Waals surface area contributed by atoms with Gasteiger partial charge < -0.3 is 5.11 Å². The molecule has 0 aliphatic heterocycles. The number of carbonyl (C=O) groups is 1. The molecule has 0 fully saturated rings. The molecule has 0 amide bonds. The molecule has 1 heterocycles. The summed E-state index contributed by atoms with van der Waals surface area (Å²) in [5.74, 6) is -1.29. The maximum atomic E-state index is 12.0. The van der Waals surface area contributed by atoms with Gasteiger partial charge in [-0.1, -0.05) is 0 Å². The number of hydrogen-bond donors (Lipinski definition) is 3. The lowest BCUT2D eigenvalue weighted by Gasteiger charge is -2.08. The van der Waals surface area contributed by atoms with E-state index in [1.165, 1.54) is 19.9 Å². The van der Waals surface area contributed by atoms with Gasteiger partial charge in [0.2, 0.25) is 10.0 Å². The minimum Gasteiger partial charge on any atom is -0.480 e. The van der Waals surface area contributed by atoms with Crippen molar-refractivity contribution < 1.29 is 26.7 Å². The molecule has 0 saturated carbocycles. The van der Waals surface area contributed by atoms with Crippen molar-refractivity contribution in [3.8, 4) is 0 Å². The molecule has 0 spiro atoms. The van der Waals surface area contributed by atoms with Crippen LogP contribution in [0.3, 0.4) is 0 Å². The van der Waals surface area contributed by atoms with Crippen LogP contribution >= 0.6 is 11.3 Å². The molecule has 0 aliphatic carbocycles. The van der Waals surface area contributed by atoms with Gasteiger partial charge in [0, 0.05) is 11.4 Å². The molecule has 0 bridgehead atoms. The minimum atomic E-state index is -3.89. The van der Waals surface area contributed by atoms with E-state index < -0.39 is 32.1 Å². The van der Waals surface area contributed by atoms with E-state index in [9.17, 15) is 21.6 Å². The van der Waals surface area contributed by atoms with E-state index in [0.717, 1.165) is 11.3 Å². The maximum Gasteiger partial charge on any atom is 0.321 e. The SMILES string of the molecule is CCS(=O)(=O)NCCc1ccc(S(=O)(=O)N[C@H](C)C(=O)O)s1. The predicted octanol–water partition coefficient (Wildman–Crippen LogP) is -0.0187. The molecule has 0 saturated heterocycles. The Morgan fingerprint density at radius 2 is 1.95 bits per heavy atom. The fraction of sp³-hybridized carbons (Fsp3) is 0.545. The highest BCUT2D eigenvalue weighted by Crippen LogP contribution is 2.22. The summed E-state index contributed by atoms with van der Waals surface area (Å²) in [6.07, 6.45) is 0.355. The van der Waals surface area contributed by atoms with E-state index in [0.29, 0.717) is 11.3 Å². The van der Waals surface area contributed by atoms with Crippen molar-refractivity contribution in [1.82, 2.24) is 9.44 Å². The first-order chi connectivity index (χ1) is 10.1. The molecule has 0 aliphatic rings. The molecule has 3 N–H and O–H groups in total. The Labute approximate surface area is 133 Å². The Bertz CT molecular complexity index is 723. The van der Waals surface area contributed by atoms with E-state index in [-0.39, 0.29) is 16.5 Å². The topological polar surface area (TPSA) is 130 Å². The van der Waals surface area contributed by atoms with Gasteiger partial charge in [0.15, 0.2) is 0 Å². The van der Waals surface area contributed by atoms with Crippen LogP contribution in [0.2, 0.25) is 0 Å². The van der Waals surface area contributed by atoms with Crippen LogP contribution < -0.4 is 9.44 Å². The number of carboxylic acid groups (broad SMARTS) is 1. The largest absolute Gasteiger partial charge is 0.480 e. The minimum absolute atomic E-state index is 0.00560. The molecular formula is C11H18N2O6S3. The van der Waals surface area contributed by atoms with Crippen LogP contribution in [0.4, 0.5) is 0 Å². The lowest BCUT2D eigenvalue weighted by Crippen LogP contribution is -2.37. The van der Waals surface area contributed by atoms with Crippen LogP contribution in [0.15, 0.2) is 16.3 Å². The Balaban J connectivity index is 2.69. The first kappa shape index (κ1) is 19.0. The summed E-state index contributed by atoms with van der Waals surface area (Å²) in [5.41, 5.74) is 0. The Kier molecular flexibility index (Phi) is 6.50. The summed E-state index contributed by atoms with van der Waals surface area (Å²) >= 11 is 0.973. The van der Waals surface area contributed by atoms with Gasteiger partial charge in [0.1, 0.15) is 10.3 Å². The summed E-state index contributed by atoms with van der Waals surface area (Å²) in [5, 5.41) is 8.72. The molecule has 1 aromatic heterocycles. The molecule has 11 heteroatoms. The summed E-state index contributed by atoms with van der Waals surface area (Å²) in [6, 6.07) is 1.71. The molecule has 0 aromatic carbocycles. The predicted molar refractivity (Wildman–Crippen MR) is 82.9 cm³/mol. The number of aliphatic carboxylic acids is 1. The van der Waals surface area contributed by atoms with Crippen LogP contribution in [0.1, 0.15) is 18.7 Å². The Hall–Kier alpha value is -1.01. The van der Waals surface area contributed by atoms with E-state index in [2.05, 4.69) is 4.72 Å². The molecule has 1 rings (SSSR count). The zero-order valence-electron chi connectivity index (χ0n) is 12.1. The summed E-state index contributed by atoms with van der Waals surface area (Å²) in [6.45, 7) is 2.93. The lowest BCUT2D eigenvalue weighted by atomic mass is 10.3. The molecule has 0 unspecified atom stereocenters. The summed E-state index contributed by atoms with van der Waals surface area (Å²) < 4.78 is 50.9. The number of carboxylic acids is 1. The lowest BCUT2D eigenvalue weighted by molar-refractivity contribution is -0.138. The van der Waals surface area contributed by atoms with Crippen molar-refractivity contribution in [3.05, 3.63) is 17.0 Å². The highest BCUT2D eigenvalue weighted by Gasteiger charge is 2.23. The van der Waals surface area contributed by atoms with E-state index in [1.807, 2.05) is 4.72 Å². The first-order valence-corrected chi connectivity index (χ1v) is 10.3. The number of nitrogens with one attached hydrogen (secondary N) is 2. The van der Waals surface area contributed by atoms with Crippen molar-refractivity contribution in [2.75, 3.05) is 12.3 Å². The number of thiophene rings is 1. The number of rotatable bonds is 9. The van der Waals surface area contributed by atoms with E-state index in [1.54, 1.807) is 6.07 Å². The zero-order chi connectivity index (χ0) is 17.0. The van der Waals surface area contributed by atoms with Crippen molar-refractivity contribution in [1.29, 1.82) is 0 Å². The van der Waals surface area contributed by atoms with Gasteiger partial charge in [0.05, 0.1) is 5.75 Å². The van der Waals surface area contributed by atoms with Crippen LogP contribution in [0, 0.1) is 0 Å². The van der Waals surface area contributed by atoms with Crippen LogP contribution in [-0.2, 0) is 31.3 Å². The smallest absolute Gasteiger partial charge is 0.321 e. The highest BCUT2D eigenvalue weighted by molar-refractivity contribution is 7.91. The number of sulfonamides is 2. The molecular weight excluding hydrogens is 352 g/mol. The third-order valence-corrected chi connectivity index (χ3v) is 7.26. The number of hydrogen-bond acceptors (Lipinski definition) is 6. The van der Waals surface area contributed by atoms with Crippen molar-refractivity contribution in [2.45, 2.75) is 30.5 Å². The van der Waals surface area contributed by atoms with Crippen molar-refractivity contribution in [2.24, 2.45) is 0 Å². The molecule has 8 nitrogen and oxygen atoms in total. The molecule has 126 valence electrons. The third-order valence-electron chi connectivity index (χ3n) is 2.68. The molecule has 1 atom stereocenters. The molecule has 22 heavy (non-hydrogen) atoms. The van der Waals surface area contributed by atoms with Crippen molar-refractivity contribution >= 4 is 37.4 Å². The normalized spacial score (nSPS) is 13.9. The average Bonchev–Trinajstić information content (AvgIpc) is 2.87. The van der Waals surface area contributed by atoms with Gasteiger partial charge in [0.25, 0.3) is 10.0 Å². The third kappa shape index (κ3) is 5.65. The van der Waals surface area contributed by atoms with Gasteiger partial charge in [-0.05, 0) is 32.4 Å². The second-order valence-corrected chi connectivity index (χ2v) is 9.65. The van der Waals surface area contributed by atoms with Crippen LogP contribution in [0.5, 0.6) is 0 Å². The second-order valence-electron chi connectivity index (χ2n) is 4.45. The second kappa shape index (κ2) is 7.51. The van der Waals surface area contributed by atoms with E-state index in [4.69, 9.17) is 5.11 Å². The van der Waals surface area contributed by atoms with E-state index >= 15 is 0 Å². The monoisotopic (exact) mass is 370 g/mol. The highest BCUT2D eigenvalue weighted by atomic mass is 32.2. The Morgan fingerprint density at radius 3 is 2.50 bits per heavy atom. The zero-order valence-corrected chi connectivity index (χ0v) is 14.5. The quantitative estimate of drug-likeness (QED) is 0.560. The van der Waals surface area contributed by atoms with Crippen LogP contribution in [0.25, 0.3) is 0 Å². The maximum absolute atomic E-state index is 12.0. The molecule has 0 radical (unpaired) electrons. The Morgan fingerprint density at radius 1 is 1.32 bits per heavy atom. The molecule has 1 aromatic rings. The average molecular weight is 370 g/mol. The standard InChI is InChI=1S/C11H18N2O6S3/c1-3-21(16,17)12-7-6-9-4-5-10(20-9)22(18,19)13-8(2)11(14)15/h4-5,8,12-13H,3,6-7H2,1-2H3,(H,14,15)/t8-/m1/s1. The van der Waals surface area contributed by atoms with Gasteiger partial charge >= 0.3 is 5.97 Å². The van der Waals surface area contributed by atoms with Gasteiger partial charge in [-0.2, -0.15) is 4.72 Å².